The maximum absolute atomic E-state index is 12.7. The summed E-state index contributed by atoms with van der Waals surface area (Å²) in [6.45, 7) is 1.96. The first kappa shape index (κ1) is 14.9. The number of ether oxygens (including phenoxy) is 1. The van der Waals surface area contributed by atoms with Crippen LogP contribution in [-0.2, 0) is 17.3 Å². The molecule has 18 heavy (non-hydrogen) atoms. The van der Waals surface area contributed by atoms with Gasteiger partial charge in [0.15, 0.2) is 0 Å². The summed E-state index contributed by atoms with van der Waals surface area (Å²) in [7, 11) is 1.60. The molecule has 102 valence electrons. The minimum absolute atomic E-state index is 0.249. The van der Waals surface area contributed by atoms with E-state index in [2.05, 4.69) is 10.3 Å². The number of pyridine rings is 1. The number of aryl methyl sites for hydroxylation is 1. The summed E-state index contributed by atoms with van der Waals surface area (Å²) in [6, 6.07) is 1.02. The molecule has 1 rings (SSSR count). The van der Waals surface area contributed by atoms with E-state index < -0.39 is 11.7 Å². The zero-order valence-corrected chi connectivity index (χ0v) is 10.3. The van der Waals surface area contributed by atoms with E-state index in [0.29, 0.717) is 32.5 Å². The second-order valence-corrected chi connectivity index (χ2v) is 3.88. The van der Waals surface area contributed by atoms with E-state index in [-0.39, 0.29) is 5.56 Å². The lowest BCUT2D eigenvalue weighted by Gasteiger charge is -2.12. The number of alkyl halides is 3. The van der Waals surface area contributed by atoms with Gasteiger partial charge in [-0.1, -0.05) is 0 Å². The Hall–Kier alpha value is -1.14. The van der Waals surface area contributed by atoms with E-state index in [1.807, 2.05) is 0 Å². The van der Waals surface area contributed by atoms with E-state index >= 15 is 0 Å². The van der Waals surface area contributed by atoms with E-state index in [1.165, 1.54) is 12.4 Å². The van der Waals surface area contributed by atoms with Crippen LogP contribution in [0.15, 0.2) is 18.5 Å². The molecule has 1 aromatic rings. The summed E-state index contributed by atoms with van der Waals surface area (Å²) in [4.78, 5) is 3.75. The lowest BCUT2D eigenvalue weighted by atomic mass is 10.1. The van der Waals surface area contributed by atoms with Gasteiger partial charge in [-0.25, -0.2) is 0 Å². The summed E-state index contributed by atoms with van der Waals surface area (Å²) >= 11 is 0. The zero-order chi connectivity index (χ0) is 13.4. The van der Waals surface area contributed by atoms with Gasteiger partial charge in [0.05, 0.1) is 12.2 Å². The third kappa shape index (κ3) is 5.01. The summed E-state index contributed by atoms with van der Waals surface area (Å²) in [6.07, 6.45) is -0.843. The van der Waals surface area contributed by atoms with Gasteiger partial charge < -0.3 is 10.1 Å². The van der Waals surface area contributed by atoms with Crippen LogP contribution in [0.4, 0.5) is 13.2 Å². The third-order valence-electron chi connectivity index (χ3n) is 2.49. The molecule has 0 unspecified atom stereocenters. The summed E-state index contributed by atoms with van der Waals surface area (Å²) in [5, 5.41) is 3.09. The molecule has 1 N–H and O–H groups in total. The minimum atomic E-state index is -4.30. The average Bonchev–Trinajstić information content (AvgIpc) is 2.33. The Balaban J connectivity index is 2.43. The Kier molecular flexibility index (Phi) is 6.07. The molecule has 0 aliphatic heterocycles. The smallest absolute Gasteiger partial charge is 0.383 e. The first-order valence-corrected chi connectivity index (χ1v) is 5.75. The third-order valence-corrected chi connectivity index (χ3v) is 2.49. The summed E-state index contributed by atoms with van der Waals surface area (Å²) < 4.78 is 42.8. The van der Waals surface area contributed by atoms with Gasteiger partial charge in [-0.3, -0.25) is 4.98 Å². The van der Waals surface area contributed by atoms with Crippen molar-refractivity contribution in [3.05, 3.63) is 29.6 Å². The van der Waals surface area contributed by atoms with Crippen molar-refractivity contribution < 1.29 is 17.9 Å². The van der Waals surface area contributed by atoms with Crippen LogP contribution < -0.4 is 5.32 Å². The second kappa shape index (κ2) is 7.33. The van der Waals surface area contributed by atoms with Gasteiger partial charge in [-0.15, -0.1) is 0 Å². The first-order chi connectivity index (χ1) is 8.55. The predicted octanol–water partition coefficient (Wildman–Crippen LogP) is 2.27. The van der Waals surface area contributed by atoms with Gasteiger partial charge in [0.1, 0.15) is 0 Å². The molecule has 3 nitrogen and oxygen atoms in total. The van der Waals surface area contributed by atoms with Gasteiger partial charge in [0.25, 0.3) is 0 Å². The van der Waals surface area contributed by atoms with E-state index in [4.69, 9.17) is 4.74 Å². The fourth-order valence-corrected chi connectivity index (χ4v) is 1.61. The predicted molar refractivity (Wildman–Crippen MR) is 62.3 cm³/mol. The number of nitrogens with one attached hydrogen (secondary N) is 1. The fraction of sp³-hybridized carbons (Fsp3) is 0.583. The van der Waals surface area contributed by atoms with Crippen molar-refractivity contribution in [3.63, 3.8) is 0 Å². The summed E-state index contributed by atoms with van der Waals surface area (Å²) in [5.41, 5.74) is -0.340. The maximum Gasteiger partial charge on any atom is 0.416 e. The van der Waals surface area contributed by atoms with Crippen molar-refractivity contribution in [2.45, 2.75) is 19.0 Å². The van der Waals surface area contributed by atoms with Crippen molar-refractivity contribution in [1.82, 2.24) is 10.3 Å². The molecule has 0 amide bonds. The highest BCUT2D eigenvalue weighted by atomic mass is 19.4. The van der Waals surface area contributed by atoms with Gasteiger partial charge in [-0.05, 0) is 31.0 Å². The van der Waals surface area contributed by atoms with Crippen molar-refractivity contribution in [2.75, 3.05) is 26.8 Å². The van der Waals surface area contributed by atoms with Gasteiger partial charge >= 0.3 is 6.18 Å². The van der Waals surface area contributed by atoms with E-state index in [9.17, 15) is 13.2 Å². The molecule has 0 bridgehead atoms. The molecule has 0 saturated carbocycles. The molecule has 0 atom stereocenters. The molecule has 0 fully saturated rings. The molecular formula is C12H17F3N2O. The highest BCUT2D eigenvalue weighted by Gasteiger charge is 2.32. The Morgan fingerprint density at radius 1 is 1.33 bits per heavy atom. The standard InChI is InChI=1S/C12H17F3N2O/c1-18-8-7-16-5-2-3-10-9-17-6-4-11(10)12(13,14)15/h4,6,9,16H,2-3,5,7-8H2,1H3. The Morgan fingerprint density at radius 3 is 2.78 bits per heavy atom. The van der Waals surface area contributed by atoms with Crippen molar-refractivity contribution in [2.24, 2.45) is 0 Å². The Bertz CT molecular complexity index is 355. The number of nitrogens with zero attached hydrogens (tertiary/aromatic N) is 1. The topological polar surface area (TPSA) is 34.1 Å². The molecule has 0 spiro atoms. The zero-order valence-electron chi connectivity index (χ0n) is 10.3. The van der Waals surface area contributed by atoms with Crippen LogP contribution in [0.2, 0.25) is 0 Å². The molecular weight excluding hydrogens is 245 g/mol. The van der Waals surface area contributed by atoms with Crippen LogP contribution in [0.25, 0.3) is 0 Å². The number of halogens is 3. The van der Waals surface area contributed by atoms with Gasteiger partial charge in [0.2, 0.25) is 0 Å². The molecule has 0 aliphatic rings. The van der Waals surface area contributed by atoms with Crippen LogP contribution in [0, 0.1) is 0 Å². The maximum atomic E-state index is 12.7. The lowest BCUT2D eigenvalue weighted by molar-refractivity contribution is -0.138. The molecule has 1 heterocycles. The molecule has 6 heteroatoms. The first-order valence-electron chi connectivity index (χ1n) is 5.75. The minimum Gasteiger partial charge on any atom is -0.383 e. The molecule has 0 saturated heterocycles. The number of rotatable bonds is 7. The van der Waals surface area contributed by atoms with Gasteiger partial charge in [-0.2, -0.15) is 13.2 Å². The van der Waals surface area contributed by atoms with Crippen molar-refractivity contribution >= 4 is 0 Å². The molecule has 0 aliphatic carbocycles. The number of hydrogen-bond acceptors (Lipinski definition) is 3. The van der Waals surface area contributed by atoms with Crippen LogP contribution >= 0.6 is 0 Å². The average molecular weight is 262 g/mol. The molecule has 0 aromatic carbocycles. The van der Waals surface area contributed by atoms with E-state index in [1.54, 1.807) is 7.11 Å². The van der Waals surface area contributed by atoms with Gasteiger partial charge in [0, 0.05) is 26.0 Å². The van der Waals surface area contributed by atoms with Crippen LogP contribution in [0.1, 0.15) is 17.5 Å². The van der Waals surface area contributed by atoms with Crippen LogP contribution in [-0.4, -0.2) is 31.8 Å². The SMILES string of the molecule is COCCNCCCc1cnccc1C(F)(F)F. The van der Waals surface area contributed by atoms with Crippen molar-refractivity contribution in [1.29, 1.82) is 0 Å². The number of hydrogen-bond donors (Lipinski definition) is 1. The Labute approximate surface area is 104 Å². The lowest BCUT2D eigenvalue weighted by Crippen LogP contribution is -2.21. The fourth-order valence-electron chi connectivity index (χ4n) is 1.61. The van der Waals surface area contributed by atoms with Crippen LogP contribution in [0.5, 0.6) is 0 Å². The second-order valence-electron chi connectivity index (χ2n) is 3.88. The monoisotopic (exact) mass is 262 g/mol. The van der Waals surface area contributed by atoms with E-state index in [0.717, 1.165) is 6.07 Å². The highest BCUT2D eigenvalue weighted by molar-refractivity contribution is 5.26. The largest absolute Gasteiger partial charge is 0.416 e. The van der Waals surface area contributed by atoms with Crippen LogP contribution in [0.3, 0.4) is 0 Å². The Morgan fingerprint density at radius 2 is 2.11 bits per heavy atom. The number of aromatic nitrogens is 1. The molecule has 0 radical (unpaired) electrons. The molecule has 1 aromatic heterocycles. The van der Waals surface area contributed by atoms with Crippen molar-refractivity contribution in [3.8, 4) is 0 Å². The highest BCUT2D eigenvalue weighted by Crippen LogP contribution is 2.31. The summed E-state index contributed by atoms with van der Waals surface area (Å²) in [5.74, 6) is 0. The quantitative estimate of drug-likeness (QED) is 0.765. The number of methoxy groups -OCH3 is 1. The normalized spacial score (nSPS) is 11.8.